The average Bonchev–Trinajstić information content (AvgIpc) is 2.96. The molecular weight excluding hydrogens is 321 g/mol. The van der Waals surface area contributed by atoms with Gasteiger partial charge in [-0.3, -0.25) is 9.47 Å². The van der Waals surface area contributed by atoms with Crippen LogP contribution in [0.5, 0.6) is 0 Å². The molecule has 5 nitrogen and oxygen atoms in total. The fraction of sp³-hybridized carbons (Fsp3) is 0.250. The van der Waals surface area contributed by atoms with Crippen molar-refractivity contribution in [3.63, 3.8) is 0 Å². The van der Waals surface area contributed by atoms with E-state index >= 15 is 0 Å². The van der Waals surface area contributed by atoms with Crippen LogP contribution in [0.1, 0.15) is 29.9 Å². The predicted molar refractivity (Wildman–Crippen MR) is 85.9 cm³/mol. The summed E-state index contributed by atoms with van der Waals surface area (Å²) in [4.78, 5) is 17.3. The van der Waals surface area contributed by atoms with Crippen LogP contribution < -0.4 is 4.90 Å². The van der Waals surface area contributed by atoms with Gasteiger partial charge in [-0.2, -0.15) is 0 Å². The monoisotopic (exact) mass is 335 g/mol. The molecule has 7 heteroatoms. The third kappa shape index (κ3) is 2.05. The summed E-state index contributed by atoms with van der Waals surface area (Å²) in [6.45, 7) is 9.39. The number of aromatic nitrogens is 2. The predicted octanol–water partition coefficient (Wildman–Crippen LogP) is 4.08. The van der Waals surface area contributed by atoms with Gasteiger partial charge >= 0.3 is 5.97 Å². The molecule has 1 aliphatic heterocycles. The van der Waals surface area contributed by atoms with Crippen molar-refractivity contribution in [2.75, 3.05) is 4.90 Å². The Morgan fingerprint density at radius 3 is 2.65 bits per heavy atom. The van der Waals surface area contributed by atoms with Gasteiger partial charge in [-0.05, 0) is 38.5 Å². The van der Waals surface area contributed by atoms with Crippen LogP contribution in [-0.4, -0.2) is 20.6 Å². The second-order valence-corrected chi connectivity index (χ2v) is 6.39. The van der Waals surface area contributed by atoms with Crippen LogP contribution in [0.15, 0.2) is 30.6 Å². The minimum absolute atomic E-state index is 0.00549. The van der Waals surface area contributed by atoms with E-state index in [2.05, 4.69) is 11.6 Å². The van der Waals surface area contributed by atoms with Crippen LogP contribution in [-0.2, 0) is 5.54 Å². The largest absolute Gasteiger partial charge is 0.477 e. The fourth-order valence-electron chi connectivity index (χ4n) is 2.83. The number of fused-ring (bicyclic) bond motifs is 1. The molecule has 23 heavy (non-hydrogen) atoms. The van der Waals surface area contributed by atoms with E-state index in [0.717, 1.165) is 0 Å². The van der Waals surface area contributed by atoms with Gasteiger partial charge in [-0.25, -0.2) is 14.2 Å². The van der Waals surface area contributed by atoms with E-state index in [9.17, 15) is 14.3 Å². The number of anilines is 2. The van der Waals surface area contributed by atoms with E-state index in [1.807, 2.05) is 13.8 Å². The number of nitrogens with zero attached hydrogens (tertiary/aromatic N) is 3. The number of allylic oxidation sites excluding steroid dienone is 1. The molecule has 1 aromatic carbocycles. The third-order valence-electron chi connectivity index (χ3n) is 4.15. The number of benzene rings is 1. The van der Waals surface area contributed by atoms with Gasteiger partial charge in [0.2, 0.25) is 5.95 Å². The normalized spacial score (nSPS) is 15.9. The average molecular weight is 336 g/mol. The zero-order valence-corrected chi connectivity index (χ0v) is 13.6. The molecule has 0 saturated carbocycles. The lowest BCUT2D eigenvalue weighted by Crippen LogP contribution is -2.28. The van der Waals surface area contributed by atoms with Crippen molar-refractivity contribution in [2.45, 2.75) is 26.3 Å². The summed E-state index contributed by atoms with van der Waals surface area (Å²) >= 11 is 5.95. The molecule has 0 aliphatic carbocycles. The summed E-state index contributed by atoms with van der Waals surface area (Å²) in [6, 6.07) is 3.11. The number of aromatic carboxylic acids is 1. The number of carboxylic acid groups (broad SMARTS) is 1. The van der Waals surface area contributed by atoms with Crippen LogP contribution in [0.25, 0.3) is 0 Å². The SMILES string of the molecule is C=C1N(c2cc(C)c(F)c(Cl)c2)c2ncc(C(=O)O)n2C1(C)C. The van der Waals surface area contributed by atoms with Crippen molar-refractivity contribution in [3.8, 4) is 0 Å². The summed E-state index contributed by atoms with van der Waals surface area (Å²) < 4.78 is 15.4. The Balaban J connectivity index is 2.24. The molecule has 0 radical (unpaired) electrons. The van der Waals surface area contributed by atoms with Gasteiger partial charge in [0, 0.05) is 5.70 Å². The van der Waals surface area contributed by atoms with Crippen molar-refractivity contribution >= 4 is 29.2 Å². The molecule has 0 bridgehead atoms. The van der Waals surface area contributed by atoms with Gasteiger partial charge in [-0.1, -0.05) is 18.2 Å². The zero-order chi connectivity index (χ0) is 17.1. The minimum atomic E-state index is -1.07. The van der Waals surface area contributed by atoms with Crippen molar-refractivity contribution in [2.24, 2.45) is 0 Å². The van der Waals surface area contributed by atoms with Crippen LogP contribution >= 0.6 is 11.6 Å². The molecule has 120 valence electrons. The second kappa shape index (κ2) is 4.83. The first-order chi connectivity index (χ1) is 10.7. The highest BCUT2D eigenvalue weighted by Gasteiger charge is 2.43. The van der Waals surface area contributed by atoms with Crippen molar-refractivity contribution < 1.29 is 14.3 Å². The molecule has 1 aromatic heterocycles. The standard InChI is InChI=1S/C16H15ClFN3O2/c1-8-5-10(6-11(17)13(8)18)20-9(2)16(3,4)21-12(14(22)23)7-19-15(20)21/h5-7H,2H2,1,3-4H3,(H,22,23). The Labute approximate surface area is 137 Å². The Kier molecular flexibility index (Phi) is 3.26. The maximum atomic E-state index is 13.8. The number of hydrogen-bond acceptors (Lipinski definition) is 3. The first-order valence-corrected chi connectivity index (χ1v) is 7.30. The summed E-state index contributed by atoms with van der Waals surface area (Å²) in [6.07, 6.45) is 1.30. The van der Waals surface area contributed by atoms with E-state index in [1.54, 1.807) is 22.5 Å². The molecular formula is C16H15ClFN3O2. The van der Waals surface area contributed by atoms with Crippen molar-refractivity contribution in [3.05, 3.63) is 52.7 Å². The van der Waals surface area contributed by atoms with Gasteiger partial charge in [0.1, 0.15) is 11.5 Å². The molecule has 0 unspecified atom stereocenters. The Bertz CT molecular complexity index is 834. The van der Waals surface area contributed by atoms with Gasteiger partial charge in [0.25, 0.3) is 0 Å². The third-order valence-corrected chi connectivity index (χ3v) is 4.43. The lowest BCUT2D eigenvalue weighted by Gasteiger charge is -2.26. The van der Waals surface area contributed by atoms with Crippen LogP contribution in [0.3, 0.4) is 0 Å². The Morgan fingerprint density at radius 2 is 2.09 bits per heavy atom. The van der Waals surface area contributed by atoms with E-state index in [4.69, 9.17) is 11.6 Å². The van der Waals surface area contributed by atoms with Crippen molar-refractivity contribution in [1.29, 1.82) is 0 Å². The highest BCUT2D eigenvalue weighted by atomic mass is 35.5. The molecule has 2 heterocycles. The molecule has 0 fully saturated rings. The molecule has 2 aromatic rings. The van der Waals surface area contributed by atoms with Crippen LogP contribution in [0.2, 0.25) is 5.02 Å². The van der Waals surface area contributed by atoms with E-state index in [-0.39, 0.29) is 10.7 Å². The highest BCUT2D eigenvalue weighted by molar-refractivity contribution is 6.31. The first-order valence-electron chi connectivity index (χ1n) is 6.93. The number of rotatable bonds is 2. The smallest absolute Gasteiger partial charge is 0.354 e. The van der Waals surface area contributed by atoms with Gasteiger partial charge in [0.15, 0.2) is 0 Å². The number of hydrogen-bond donors (Lipinski definition) is 1. The minimum Gasteiger partial charge on any atom is -0.477 e. The Morgan fingerprint density at radius 1 is 1.43 bits per heavy atom. The van der Waals surface area contributed by atoms with Crippen LogP contribution in [0.4, 0.5) is 16.0 Å². The lowest BCUT2D eigenvalue weighted by atomic mass is 10.0. The Hall–Kier alpha value is -2.34. The number of carboxylic acids is 1. The highest BCUT2D eigenvalue weighted by Crippen LogP contribution is 2.46. The summed E-state index contributed by atoms with van der Waals surface area (Å²) in [7, 11) is 0. The molecule has 0 saturated heterocycles. The van der Waals surface area contributed by atoms with Gasteiger partial charge < -0.3 is 5.11 Å². The number of imidazole rings is 1. The number of halogens is 2. The van der Waals surface area contributed by atoms with E-state index < -0.39 is 17.3 Å². The molecule has 1 aliphatic rings. The molecule has 0 spiro atoms. The topological polar surface area (TPSA) is 58.4 Å². The maximum absolute atomic E-state index is 13.8. The summed E-state index contributed by atoms with van der Waals surface area (Å²) in [5, 5.41) is 9.35. The lowest BCUT2D eigenvalue weighted by molar-refractivity contribution is 0.0681. The molecule has 0 amide bonds. The number of carbonyl (C=O) groups is 1. The first kappa shape index (κ1) is 15.6. The van der Waals surface area contributed by atoms with Crippen LogP contribution in [0, 0.1) is 12.7 Å². The van der Waals surface area contributed by atoms with E-state index in [0.29, 0.717) is 22.9 Å². The quantitative estimate of drug-likeness (QED) is 0.898. The second-order valence-electron chi connectivity index (χ2n) is 5.98. The van der Waals surface area contributed by atoms with Crippen molar-refractivity contribution in [1.82, 2.24) is 9.55 Å². The maximum Gasteiger partial charge on any atom is 0.354 e. The summed E-state index contributed by atoms with van der Waals surface area (Å²) in [5.74, 6) is -1.13. The molecule has 1 N–H and O–H groups in total. The summed E-state index contributed by atoms with van der Waals surface area (Å²) in [5.41, 5.74) is 0.993. The van der Waals surface area contributed by atoms with Gasteiger partial charge in [0.05, 0.1) is 22.4 Å². The zero-order valence-electron chi connectivity index (χ0n) is 12.9. The van der Waals surface area contributed by atoms with Gasteiger partial charge in [-0.15, -0.1) is 0 Å². The number of aryl methyl sites for hydroxylation is 1. The van der Waals surface area contributed by atoms with E-state index in [1.165, 1.54) is 12.3 Å². The molecule has 3 rings (SSSR count). The molecule has 0 atom stereocenters. The fourth-order valence-corrected chi connectivity index (χ4v) is 3.09.